The van der Waals surface area contributed by atoms with E-state index in [0.717, 1.165) is 0 Å². The molecule has 0 aliphatic rings. The van der Waals surface area contributed by atoms with Crippen molar-refractivity contribution in [1.29, 1.82) is 0 Å². The van der Waals surface area contributed by atoms with Crippen LogP contribution >= 0.6 is 0 Å². The smallest absolute Gasteiger partial charge is 0.256 e. The van der Waals surface area contributed by atoms with Gasteiger partial charge in [0.25, 0.3) is 12.3 Å². The molecule has 21 heavy (non-hydrogen) atoms. The summed E-state index contributed by atoms with van der Waals surface area (Å²) in [4.78, 5) is 0. The van der Waals surface area contributed by atoms with Crippen molar-refractivity contribution in [1.82, 2.24) is 0 Å². The molecule has 0 bridgehead atoms. The summed E-state index contributed by atoms with van der Waals surface area (Å²) in [5.41, 5.74) is -7.36. The van der Waals surface area contributed by atoms with Crippen LogP contribution in [-0.4, -0.2) is 20.5 Å². The minimum absolute atomic E-state index is 0.547. The van der Waals surface area contributed by atoms with Crippen LogP contribution < -0.4 is 0 Å². The monoisotopic (exact) mass is 340 g/mol. The lowest BCUT2D eigenvalue weighted by Gasteiger charge is -2.17. The van der Waals surface area contributed by atoms with Gasteiger partial charge in [-0.05, 0) is 0 Å². The topological polar surface area (TPSA) is 43.4 Å². The third-order valence-electron chi connectivity index (χ3n) is 2.26. The van der Waals surface area contributed by atoms with Gasteiger partial charge in [0.2, 0.25) is 0 Å². The summed E-state index contributed by atoms with van der Waals surface area (Å²) < 4.78 is 111. The van der Waals surface area contributed by atoms with Crippen molar-refractivity contribution in [3.63, 3.8) is 0 Å². The number of hydrogen-bond donors (Lipinski definition) is 0. The van der Waals surface area contributed by atoms with Crippen LogP contribution in [0.3, 0.4) is 0 Å². The van der Waals surface area contributed by atoms with E-state index in [1.165, 1.54) is 0 Å². The lowest BCUT2D eigenvalue weighted by Crippen LogP contribution is -2.30. The van der Waals surface area contributed by atoms with Gasteiger partial charge in [-0.1, -0.05) is 24.3 Å². The largest absolute Gasteiger partial charge is 0.523 e. The molecule has 0 aliphatic carbocycles. The van der Waals surface area contributed by atoms with E-state index in [-0.39, 0.29) is 0 Å². The molecule has 0 heterocycles. The molecule has 0 radical (unpaired) electrons. The molecule has 0 unspecified atom stereocenters. The van der Waals surface area contributed by atoms with E-state index < -0.39 is 45.7 Å². The molecule has 1 aromatic carbocycles. The van der Waals surface area contributed by atoms with E-state index in [0.29, 0.717) is 24.3 Å². The maximum absolute atomic E-state index is 13.5. The molecular formula is C10H7F7O3S. The molecule has 0 N–H and O–H groups in total. The third-order valence-corrected chi connectivity index (χ3v) is 3.26. The number of rotatable bonds is 5. The zero-order valence-corrected chi connectivity index (χ0v) is 10.7. The van der Waals surface area contributed by atoms with Gasteiger partial charge < -0.3 is 0 Å². The highest BCUT2D eigenvalue weighted by Gasteiger charge is 2.49. The van der Waals surface area contributed by atoms with E-state index in [4.69, 9.17) is 0 Å². The van der Waals surface area contributed by atoms with Gasteiger partial charge in [0, 0.05) is 11.1 Å². The molecule has 3 nitrogen and oxygen atoms in total. The number of hydrogen-bond acceptors (Lipinski definition) is 3. The van der Waals surface area contributed by atoms with Crippen LogP contribution in [0.2, 0.25) is 0 Å². The van der Waals surface area contributed by atoms with Gasteiger partial charge in [0.05, 0.1) is 0 Å². The van der Waals surface area contributed by atoms with Gasteiger partial charge >= 0.3 is 15.6 Å². The molecule has 0 spiro atoms. The lowest BCUT2D eigenvalue weighted by atomic mass is 10.1. The molecule has 11 heteroatoms. The second-order valence-corrected chi connectivity index (χ2v) is 5.40. The number of halogens is 7. The van der Waals surface area contributed by atoms with Crippen LogP contribution in [0.25, 0.3) is 0 Å². The van der Waals surface area contributed by atoms with Gasteiger partial charge in [-0.25, -0.2) is 8.78 Å². The fraction of sp³-hybridized carbons (Fsp3) is 0.400. The average molecular weight is 340 g/mol. The van der Waals surface area contributed by atoms with Crippen molar-refractivity contribution in [3.05, 3.63) is 35.4 Å². The predicted octanol–water partition coefficient (Wildman–Crippen LogP) is 3.58. The molecule has 0 atom stereocenters. The van der Waals surface area contributed by atoms with Crippen LogP contribution in [0.15, 0.2) is 24.3 Å². The molecule has 0 fully saturated rings. The Hall–Kier alpha value is -1.36. The first-order valence-corrected chi connectivity index (χ1v) is 6.50. The molecule has 0 aliphatic heterocycles. The average Bonchev–Trinajstić information content (AvgIpc) is 2.35. The second kappa shape index (κ2) is 5.79. The second-order valence-electron chi connectivity index (χ2n) is 3.79. The van der Waals surface area contributed by atoms with Gasteiger partial charge in [0.1, 0.15) is 6.61 Å². The lowest BCUT2D eigenvalue weighted by molar-refractivity contribution is -0.0747. The Kier molecular flexibility index (Phi) is 4.88. The summed E-state index contributed by atoms with van der Waals surface area (Å²) in [6, 6.07) is 2.38. The Bertz CT molecular complexity index is 578. The minimum Gasteiger partial charge on any atom is -0.256 e. The Morgan fingerprint density at radius 2 is 1.48 bits per heavy atom. The Morgan fingerprint density at radius 3 is 1.86 bits per heavy atom. The highest BCUT2D eigenvalue weighted by molar-refractivity contribution is 7.87. The third kappa shape index (κ3) is 4.30. The van der Waals surface area contributed by atoms with Crippen LogP contribution in [0, 0.1) is 0 Å². The SMILES string of the molecule is O=S(=O)(OCC(F)(F)c1ccc(C(F)F)cc1)C(F)(F)F. The van der Waals surface area contributed by atoms with Crippen LogP contribution in [0.4, 0.5) is 30.7 Å². The van der Waals surface area contributed by atoms with Crippen molar-refractivity contribution >= 4 is 10.1 Å². The first-order valence-electron chi connectivity index (χ1n) is 5.09. The molecule has 0 saturated heterocycles. The quantitative estimate of drug-likeness (QED) is 0.467. The van der Waals surface area contributed by atoms with Crippen molar-refractivity contribution in [3.8, 4) is 0 Å². The summed E-state index contributed by atoms with van der Waals surface area (Å²) in [6.45, 7) is -2.09. The molecule has 0 aromatic heterocycles. The Balaban J connectivity index is 2.87. The predicted molar refractivity (Wildman–Crippen MR) is 56.2 cm³/mol. The molecule has 120 valence electrons. The van der Waals surface area contributed by atoms with Crippen molar-refractivity contribution < 1.29 is 43.3 Å². The molecule has 0 saturated carbocycles. The van der Waals surface area contributed by atoms with E-state index in [1.807, 2.05) is 0 Å². The standard InChI is InChI=1S/C10H7F7O3S/c11-8(12)6-1-3-7(4-2-6)9(13,14)5-20-21(18,19)10(15,16)17/h1-4,8H,5H2. The molecule has 1 rings (SSSR count). The first kappa shape index (κ1) is 17.7. The fourth-order valence-electron chi connectivity index (χ4n) is 1.17. The highest BCUT2D eigenvalue weighted by Crippen LogP contribution is 2.32. The van der Waals surface area contributed by atoms with E-state index in [2.05, 4.69) is 4.18 Å². The van der Waals surface area contributed by atoms with Crippen molar-refractivity contribution in [2.45, 2.75) is 17.9 Å². The molecule has 0 amide bonds. The van der Waals surface area contributed by atoms with Gasteiger partial charge in [-0.2, -0.15) is 30.4 Å². The molecule has 1 aromatic rings. The highest BCUT2D eigenvalue weighted by atomic mass is 32.2. The Morgan fingerprint density at radius 1 is 1.00 bits per heavy atom. The number of benzene rings is 1. The maximum atomic E-state index is 13.5. The Labute approximate surface area is 114 Å². The zero-order valence-electron chi connectivity index (χ0n) is 9.87. The van der Waals surface area contributed by atoms with Crippen LogP contribution in [-0.2, 0) is 20.2 Å². The van der Waals surface area contributed by atoms with Crippen LogP contribution in [0.1, 0.15) is 17.6 Å². The van der Waals surface area contributed by atoms with Crippen LogP contribution in [0.5, 0.6) is 0 Å². The minimum atomic E-state index is -6.16. The van der Waals surface area contributed by atoms with E-state index >= 15 is 0 Å². The summed E-state index contributed by atoms with van der Waals surface area (Å²) in [7, 11) is -6.16. The summed E-state index contributed by atoms with van der Waals surface area (Å²) in [5.74, 6) is -4.10. The zero-order chi connectivity index (χ0) is 16.5. The maximum Gasteiger partial charge on any atom is 0.523 e. The first-order chi connectivity index (χ1) is 9.37. The number of alkyl halides is 7. The van der Waals surface area contributed by atoms with E-state index in [9.17, 15) is 39.2 Å². The summed E-state index contributed by atoms with van der Waals surface area (Å²) in [6.07, 6.45) is -2.91. The van der Waals surface area contributed by atoms with E-state index in [1.54, 1.807) is 0 Å². The summed E-state index contributed by atoms with van der Waals surface area (Å²) >= 11 is 0. The molecular weight excluding hydrogens is 333 g/mol. The summed E-state index contributed by atoms with van der Waals surface area (Å²) in [5, 5.41) is 0. The van der Waals surface area contributed by atoms with Crippen molar-refractivity contribution in [2.24, 2.45) is 0 Å². The van der Waals surface area contributed by atoms with Gasteiger partial charge in [-0.3, -0.25) is 4.18 Å². The fourth-order valence-corrected chi connectivity index (χ4v) is 1.61. The van der Waals surface area contributed by atoms with Crippen molar-refractivity contribution in [2.75, 3.05) is 6.61 Å². The van der Waals surface area contributed by atoms with Gasteiger partial charge in [0.15, 0.2) is 0 Å². The normalized spacial score (nSPS) is 13.7. The van der Waals surface area contributed by atoms with Gasteiger partial charge in [-0.15, -0.1) is 0 Å².